The molecule has 7 heteroatoms. The predicted octanol–water partition coefficient (Wildman–Crippen LogP) is 3.39. The summed E-state index contributed by atoms with van der Waals surface area (Å²) in [7, 11) is -3.61. The smallest absolute Gasteiger partial charge is 0.225 e. The summed E-state index contributed by atoms with van der Waals surface area (Å²) in [6, 6.07) is 11.5. The second kappa shape index (κ2) is 7.02. The van der Waals surface area contributed by atoms with Crippen LogP contribution in [0.5, 0.6) is 0 Å². The van der Waals surface area contributed by atoms with E-state index >= 15 is 0 Å². The molecule has 116 valence electrons. The summed E-state index contributed by atoms with van der Waals surface area (Å²) in [6.07, 6.45) is -0.174. The highest BCUT2D eigenvalue weighted by Crippen LogP contribution is 2.17. The number of sulfone groups is 1. The van der Waals surface area contributed by atoms with E-state index in [1.807, 2.05) is 6.07 Å². The Morgan fingerprint density at radius 2 is 1.82 bits per heavy atom. The Hall–Kier alpha value is -1.73. The first kappa shape index (κ1) is 16.6. The second-order valence-electron chi connectivity index (χ2n) is 4.58. The summed E-state index contributed by atoms with van der Waals surface area (Å²) < 4.78 is 37.7. The third-order valence-corrected chi connectivity index (χ3v) is 5.10. The highest BCUT2D eigenvalue weighted by atomic mass is 79.9. The number of hydrogen-bond donors (Lipinski definition) is 1. The lowest BCUT2D eigenvalue weighted by molar-refractivity contribution is -0.115. The van der Waals surface area contributed by atoms with Gasteiger partial charge in [-0.2, -0.15) is 0 Å². The van der Waals surface area contributed by atoms with Gasteiger partial charge in [0.25, 0.3) is 0 Å². The molecule has 2 aromatic rings. The Labute approximate surface area is 136 Å². The maximum Gasteiger partial charge on any atom is 0.225 e. The van der Waals surface area contributed by atoms with Crippen LogP contribution in [0.3, 0.4) is 0 Å². The van der Waals surface area contributed by atoms with Crippen LogP contribution in [0.15, 0.2) is 57.9 Å². The molecule has 0 bridgehead atoms. The van der Waals surface area contributed by atoms with Gasteiger partial charge in [0.2, 0.25) is 5.91 Å². The molecule has 4 nitrogen and oxygen atoms in total. The van der Waals surface area contributed by atoms with Crippen molar-refractivity contribution in [2.75, 3.05) is 11.1 Å². The number of anilines is 1. The molecule has 0 heterocycles. The van der Waals surface area contributed by atoms with Crippen LogP contribution in [0.4, 0.5) is 10.1 Å². The number of nitrogens with one attached hydrogen (secondary N) is 1. The quantitative estimate of drug-likeness (QED) is 0.802. The van der Waals surface area contributed by atoms with Crippen molar-refractivity contribution in [2.45, 2.75) is 11.3 Å². The number of rotatable bonds is 5. The molecule has 0 atom stereocenters. The zero-order chi connectivity index (χ0) is 16.2. The highest BCUT2D eigenvalue weighted by Gasteiger charge is 2.16. The van der Waals surface area contributed by atoms with Crippen molar-refractivity contribution in [3.05, 3.63) is 58.8 Å². The zero-order valence-electron chi connectivity index (χ0n) is 11.4. The Kier molecular flexibility index (Phi) is 5.31. The molecular weight excluding hydrogens is 373 g/mol. The predicted molar refractivity (Wildman–Crippen MR) is 85.8 cm³/mol. The van der Waals surface area contributed by atoms with Gasteiger partial charge in [0.15, 0.2) is 9.84 Å². The summed E-state index contributed by atoms with van der Waals surface area (Å²) in [6.45, 7) is 0. The van der Waals surface area contributed by atoms with Crippen LogP contribution in [0.1, 0.15) is 6.42 Å². The molecular formula is C15H13BrFNO3S. The third kappa shape index (κ3) is 4.64. The molecule has 1 amide bonds. The van der Waals surface area contributed by atoms with E-state index in [-0.39, 0.29) is 17.1 Å². The van der Waals surface area contributed by atoms with Crippen molar-refractivity contribution in [3.8, 4) is 0 Å². The minimum absolute atomic E-state index is 0.00385. The standard InChI is InChI=1S/C15H13BrFNO3S/c16-11-2-1-3-13(10-11)18-15(19)8-9-22(20,21)14-6-4-12(17)5-7-14/h1-7,10H,8-9H2,(H,18,19). The first-order chi connectivity index (χ1) is 10.4. The van der Waals surface area contributed by atoms with Crippen LogP contribution in [0, 0.1) is 5.82 Å². The van der Waals surface area contributed by atoms with Crippen molar-refractivity contribution in [1.82, 2.24) is 0 Å². The lowest BCUT2D eigenvalue weighted by atomic mass is 10.3. The molecule has 0 aliphatic heterocycles. The maximum absolute atomic E-state index is 12.8. The molecule has 0 saturated carbocycles. The fourth-order valence-corrected chi connectivity index (χ4v) is 3.42. The Balaban J connectivity index is 1.97. The monoisotopic (exact) mass is 385 g/mol. The molecule has 0 unspecified atom stereocenters. The number of amides is 1. The SMILES string of the molecule is O=C(CCS(=O)(=O)c1ccc(F)cc1)Nc1cccc(Br)c1. The fourth-order valence-electron chi connectivity index (χ4n) is 1.78. The summed E-state index contributed by atoms with van der Waals surface area (Å²) >= 11 is 3.28. The molecule has 0 saturated heterocycles. The Morgan fingerprint density at radius 3 is 2.45 bits per heavy atom. The van der Waals surface area contributed by atoms with E-state index in [1.54, 1.807) is 18.2 Å². The van der Waals surface area contributed by atoms with E-state index in [9.17, 15) is 17.6 Å². The minimum Gasteiger partial charge on any atom is -0.326 e. The van der Waals surface area contributed by atoms with Gasteiger partial charge < -0.3 is 5.32 Å². The van der Waals surface area contributed by atoms with Crippen LogP contribution < -0.4 is 5.32 Å². The largest absolute Gasteiger partial charge is 0.326 e. The van der Waals surface area contributed by atoms with Crippen molar-refractivity contribution in [2.24, 2.45) is 0 Å². The summed E-state index contributed by atoms with van der Waals surface area (Å²) in [5.41, 5.74) is 0.582. The topological polar surface area (TPSA) is 63.2 Å². The number of carbonyl (C=O) groups is 1. The summed E-state index contributed by atoms with van der Waals surface area (Å²) in [5, 5.41) is 2.62. The van der Waals surface area contributed by atoms with Gasteiger partial charge in [-0.1, -0.05) is 22.0 Å². The molecule has 22 heavy (non-hydrogen) atoms. The Morgan fingerprint density at radius 1 is 1.14 bits per heavy atom. The second-order valence-corrected chi connectivity index (χ2v) is 7.61. The van der Waals surface area contributed by atoms with Gasteiger partial charge in [-0.3, -0.25) is 4.79 Å². The van der Waals surface area contributed by atoms with Crippen LogP contribution >= 0.6 is 15.9 Å². The van der Waals surface area contributed by atoms with E-state index in [0.717, 1.165) is 16.6 Å². The number of hydrogen-bond acceptors (Lipinski definition) is 3. The van der Waals surface area contributed by atoms with Gasteiger partial charge in [0.05, 0.1) is 10.6 Å². The molecule has 0 spiro atoms. The highest BCUT2D eigenvalue weighted by molar-refractivity contribution is 9.10. The van der Waals surface area contributed by atoms with E-state index in [0.29, 0.717) is 5.69 Å². The first-order valence-corrected chi connectivity index (χ1v) is 8.85. The molecule has 0 aliphatic rings. The molecule has 0 aromatic heterocycles. The van der Waals surface area contributed by atoms with Crippen LogP contribution in [-0.4, -0.2) is 20.1 Å². The fraction of sp³-hybridized carbons (Fsp3) is 0.133. The lowest BCUT2D eigenvalue weighted by Crippen LogP contribution is -2.17. The van der Waals surface area contributed by atoms with Crippen LogP contribution in [-0.2, 0) is 14.6 Å². The first-order valence-electron chi connectivity index (χ1n) is 6.40. The zero-order valence-corrected chi connectivity index (χ0v) is 13.8. The Bertz CT molecular complexity index is 776. The van der Waals surface area contributed by atoms with Crippen LogP contribution in [0.25, 0.3) is 0 Å². The van der Waals surface area contributed by atoms with Crippen molar-refractivity contribution in [1.29, 1.82) is 0 Å². The van der Waals surface area contributed by atoms with Crippen LogP contribution in [0.2, 0.25) is 0 Å². The molecule has 0 radical (unpaired) electrons. The molecule has 1 N–H and O–H groups in total. The summed E-state index contributed by atoms with van der Waals surface area (Å²) in [5.74, 6) is -1.24. The number of halogens is 2. The van der Waals surface area contributed by atoms with Crippen molar-refractivity contribution >= 4 is 37.4 Å². The minimum atomic E-state index is -3.61. The van der Waals surface area contributed by atoms with Gasteiger partial charge in [-0.05, 0) is 42.5 Å². The van der Waals surface area contributed by atoms with Crippen molar-refractivity contribution < 1.29 is 17.6 Å². The van der Waals surface area contributed by atoms with Gasteiger partial charge in [-0.25, -0.2) is 12.8 Å². The van der Waals surface area contributed by atoms with Crippen molar-refractivity contribution in [3.63, 3.8) is 0 Å². The van der Waals surface area contributed by atoms with E-state index < -0.39 is 21.6 Å². The van der Waals surface area contributed by atoms with E-state index in [2.05, 4.69) is 21.2 Å². The third-order valence-electron chi connectivity index (χ3n) is 2.88. The van der Waals surface area contributed by atoms with Gasteiger partial charge in [0, 0.05) is 16.6 Å². The van der Waals surface area contributed by atoms with E-state index in [1.165, 1.54) is 12.1 Å². The average molecular weight is 386 g/mol. The molecule has 0 fully saturated rings. The average Bonchev–Trinajstić information content (AvgIpc) is 2.46. The van der Waals surface area contributed by atoms with Gasteiger partial charge in [0.1, 0.15) is 5.82 Å². The number of benzene rings is 2. The van der Waals surface area contributed by atoms with Gasteiger partial charge in [-0.15, -0.1) is 0 Å². The molecule has 0 aliphatic carbocycles. The molecule has 2 rings (SSSR count). The maximum atomic E-state index is 12.8. The van der Waals surface area contributed by atoms with E-state index in [4.69, 9.17) is 0 Å². The van der Waals surface area contributed by atoms with Gasteiger partial charge >= 0.3 is 0 Å². The molecule has 2 aromatic carbocycles. The normalized spacial score (nSPS) is 11.2. The lowest BCUT2D eigenvalue weighted by Gasteiger charge is -2.07. The number of carbonyl (C=O) groups excluding carboxylic acids is 1. The summed E-state index contributed by atoms with van der Waals surface area (Å²) in [4.78, 5) is 11.8.